The summed E-state index contributed by atoms with van der Waals surface area (Å²) in [4.78, 5) is 12.8. The molecular weight excluding hydrogens is 423 g/mol. The first kappa shape index (κ1) is 20.3. The number of hydrogen-bond acceptors (Lipinski definition) is 5. The summed E-state index contributed by atoms with van der Waals surface area (Å²) < 4.78 is 11.7. The van der Waals surface area contributed by atoms with Crippen molar-refractivity contribution in [3.8, 4) is 11.8 Å². The molecule has 4 rings (SSSR count). The Bertz CT molecular complexity index is 1130. The summed E-state index contributed by atoms with van der Waals surface area (Å²) in [5.41, 5.74) is 8.20. The molecule has 2 aliphatic rings. The summed E-state index contributed by atoms with van der Waals surface area (Å²) in [5.74, 6) is 0.469. The molecule has 2 N–H and O–H groups in total. The molecule has 1 aliphatic carbocycles. The molecule has 0 aromatic heterocycles. The fourth-order valence-corrected chi connectivity index (χ4v) is 4.28. The predicted molar refractivity (Wildman–Crippen MR) is 114 cm³/mol. The van der Waals surface area contributed by atoms with E-state index in [0.717, 1.165) is 5.56 Å². The van der Waals surface area contributed by atoms with Gasteiger partial charge in [0.2, 0.25) is 5.88 Å². The smallest absolute Gasteiger partial charge is 0.205 e. The summed E-state index contributed by atoms with van der Waals surface area (Å²) in [5, 5.41) is 10.8. The molecule has 0 spiro atoms. The van der Waals surface area contributed by atoms with Crippen molar-refractivity contribution in [2.75, 3.05) is 0 Å². The van der Waals surface area contributed by atoms with Crippen molar-refractivity contribution in [3.05, 3.63) is 86.4 Å². The van der Waals surface area contributed by atoms with Crippen LogP contribution in [0.1, 0.15) is 36.3 Å². The number of Topliss-reactive ketones (excluding diaryl/α,β-unsaturated/α-hetero) is 1. The number of hydrogen-bond donors (Lipinski definition) is 1. The predicted octanol–water partition coefficient (Wildman–Crippen LogP) is 5.39. The minimum Gasteiger partial charge on any atom is -0.489 e. The van der Waals surface area contributed by atoms with E-state index in [1.807, 2.05) is 18.2 Å². The molecule has 0 saturated carbocycles. The Morgan fingerprint density at radius 2 is 2.00 bits per heavy atom. The summed E-state index contributed by atoms with van der Waals surface area (Å²) in [6.07, 6.45) is 1.73. The number of allylic oxidation sites excluding steroid dienone is 3. The van der Waals surface area contributed by atoms with Crippen LogP contribution in [-0.2, 0) is 16.1 Å². The van der Waals surface area contributed by atoms with Crippen LogP contribution in [0, 0.1) is 11.3 Å². The highest BCUT2D eigenvalue weighted by atomic mass is 35.5. The Balaban J connectivity index is 1.74. The van der Waals surface area contributed by atoms with E-state index in [1.165, 1.54) is 0 Å². The molecular formula is C23H18Cl2N2O3. The van der Waals surface area contributed by atoms with E-state index in [9.17, 15) is 10.1 Å². The standard InChI is InChI=1S/C23H18Cl2N2O3/c24-14-9-8-13(17(25)10-14)12-29-19-6-2-1-4-15(19)21-16(11-26)23(27)30-20-7-3-5-18(28)22(20)21/h1-2,4,6,8-10,21H,3,5,7,12,27H2/t21-/m1/s1. The van der Waals surface area contributed by atoms with Gasteiger partial charge in [0.15, 0.2) is 5.78 Å². The van der Waals surface area contributed by atoms with Crippen LogP contribution in [0.2, 0.25) is 10.0 Å². The van der Waals surface area contributed by atoms with Gasteiger partial charge in [-0.05, 0) is 24.6 Å². The highest BCUT2D eigenvalue weighted by molar-refractivity contribution is 6.35. The lowest BCUT2D eigenvalue weighted by Gasteiger charge is -2.31. The van der Waals surface area contributed by atoms with Gasteiger partial charge >= 0.3 is 0 Å². The Kier molecular flexibility index (Phi) is 5.72. The van der Waals surface area contributed by atoms with Crippen molar-refractivity contribution in [1.82, 2.24) is 0 Å². The van der Waals surface area contributed by atoms with Gasteiger partial charge < -0.3 is 15.2 Å². The highest BCUT2D eigenvalue weighted by Crippen LogP contribution is 2.45. The van der Waals surface area contributed by atoms with Crippen molar-refractivity contribution < 1.29 is 14.3 Å². The SMILES string of the molecule is N#CC1=C(N)OC2=C(C(=O)CCC2)[C@@H]1c1ccccc1OCc1ccc(Cl)cc1Cl. The molecule has 30 heavy (non-hydrogen) atoms. The minimum atomic E-state index is -0.622. The summed E-state index contributed by atoms with van der Waals surface area (Å²) in [7, 11) is 0. The Morgan fingerprint density at radius 1 is 1.20 bits per heavy atom. The number of halogens is 2. The maximum absolute atomic E-state index is 12.8. The van der Waals surface area contributed by atoms with Crippen LogP contribution in [0.5, 0.6) is 5.75 Å². The number of benzene rings is 2. The number of carbonyl (C=O) groups excluding carboxylic acids is 1. The molecule has 1 atom stereocenters. The monoisotopic (exact) mass is 440 g/mol. The van der Waals surface area contributed by atoms with Gasteiger partial charge in [-0.3, -0.25) is 4.79 Å². The van der Waals surface area contributed by atoms with Crippen molar-refractivity contribution in [3.63, 3.8) is 0 Å². The van der Waals surface area contributed by atoms with Crippen LogP contribution in [0.4, 0.5) is 0 Å². The van der Waals surface area contributed by atoms with E-state index < -0.39 is 5.92 Å². The number of nitrogens with two attached hydrogens (primary N) is 1. The molecule has 1 aliphatic heterocycles. The van der Waals surface area contributed by atoms with Crippen molar-refractivity contribution in [1.29, 1.82) is 5.26 Å². The third kappa shape index (κ3) is 3.77. The third-order valence-electron chi connectivity index (χ3n) is 5.23. The van der Waals surface area contributed by atoms with Gasteiger partial charge in [-0.2, -0.15) is 5.26 Å². The number of rotatable bonds is 4. The fourth-order valence-electron chi connectivity index (χ4n) is 3.81. The van der Waals surface area contributed by atoms with Crippen LogP contribution in [0.25, 0.3) is 0 Å². The number of para-hydroxylation sites is 1. The normalized spacial score (nSPS) is 18.6. The van der Waals surface area contributed by atoms with E-state index in [-0.39, 0.29) is 23.8 Å². The van der Waals surface area contributed by atoms with Gasteiger partial charge in [0, 0.05) is 39.6 Å². The largest absolute Gasteiger partial charge is 0.489 e. The van der Waals surface area contributed by atoms with Crippen LogP contribution >= 0.6 is 23.2 Å². The molecule has 2 aromatic rings. The average molecular weight is 441 g/mol. The molecule has 0 amide bonds. The van der Waals surface area contributed by atoms with Gasteiger partial charge in [-0.25, -0.2) is 0 Å². The molecule has 152 valence electrons. The van der Waals surface area contributed by atoms with Crippen LogP contribution in [0.3, 0.4) is 0 Å². The van der Waals surface area contributed by atoms with Crippen LogP contribution < -0.4 is 10.5 Å². The van der Waals surface area contributed by atoms with E-state index >= 15 is 0 Å². The lowest BCUT2D eigenvalue weighted by molar-refractivity contribution is -0.116. The lowest BCUT2D eigenvalue weighted by Crippen LogP contribution is -2.27. The Labute approximate surface area is 184 Å². The Morgan fingerprint density at radius 3 is 2.77 bits per heavy atom. The number of ketones is 1. The molecule has 0 fully saturated rings. The van der Waals surface area contributed by atoms with Crippen molar-refractivity contribution in [2.45, 2.75) is 31.8 Å². The molecule has 7 heteroatoms. The molecule has 1 heterocycles. The van der Waals surface area contributed by atoms with E-state index in [2.05, 4.69) is 6.07 Å². The van der Waals surface area contributed by atoms with E-state index in [0.29, 0.717) is 52.0 Å². The third-order valence-corrected chi connectivity index (χ3v) is 5.82. The van der Waals surface area contributed by atoms with Gasteiger partial charge in [-0.15, -0.1) is 0 Å². The zero-order chi connectivity index (χ0) is 21.3. The molecule has 2 aromatic carbocycles. The second-order valence-electron chi connectivity index (χ2n) is 7.10. The highest BCUT2D eigenvalue weighted by Gasteiger charge is 2.39. The average Bonchev–Trinajstić information content (AvgIpc) is 2.72. The summed E-state index contributed by atoms with van der Waals surface area (Å²) in [6.45, 7) is 0.206. The zero-order valence-electron chi connectivity index (χ0n) is 16.0. The number of carbonyl (C=O) groups is 1. The van der Waals surface area contributed by atoms with Crippen molar-refractivity contribution in [2.24, 2.45) is 5.73 Å². The van der Waals surface area contributed by atoms with E-state index in [4.69, 9.17) is 38.4 Å². The molecule has 0 bridgehead atoms. The summed E-state index contributed by atoms with van der Waals surface area (Å²) >= 11 is 12.2. The quantitative estimate of drug-likeness (QED) is 0.688. The number of nitrogens with zero attached hydrogens (tertiary/aromatic N) is 1. The van der Waals surface area contributed by atoms with E-state index in [1.54, 1.807) is 24.3 Å². The first-order valence-corrected chi connectivity index (χ1v) is 10.2. The maximum atomic E-state index is 12.8. The van der Waals surface area contributed by atoms with Gasteiger partial charge in [0.25, 0.3) is 0 Å². The molecule has 5 nitrogen and oxygen atoms in total. The van der Waals surface area contributed by atoms with Crippen LogP contribution in [0.15, 0.2) is 65.3 Å². The number of nitriles is 1. The minimum absolute atomic E-state index is 0.0305. The lowest BCUT2D eigenvalue weighted by atomic mass is 9.77. The number of ether oxygens (including phenoxy) is 2. The molecule has 0 unspecified atom stereocenters. The Hall–Kier alpha value is -2.94. The topological polar surface area (TPSA) is 85.3 Å². The second kappa shape index (κ2) is 8.43. The van der Waals surface area contributed by atoms with Crippen molar-refractivity contribution >= 4 is 29.0 Å². The first-order valence-electron chi connectivity index (χ1n) is 9.49. The fraction of sp³-hybridized carbons (Fsp3) is 0.217. The molecule has 0 radical (unpaired) electrons. The summed E-state index contributed by atoms with van der Waals surface area (Å²) in [6, 6.07) is 14.6. The zero-order valence-corrected chi connectivity index (χ0v) is 17.5. The van der Waals surface area contributed by atoms with Gasteiger partial charge in [0.05, 0.1) is 5.92 Å². The van der Waals surface area contributed by atoms with Gasteiger partial charge in [0.1, 0.15) is 29.8 Å². The molecule has 0 saturated heterocycles. The van der Waals surface area contributed by atoms with Crippen LogP contribution in [-0.4, -0.2) is 5.78 Å². The maximum Gasteiger partial charge on any atom is 0.205 e. The van der Waals surface area contributed by atoms with Gasteiger partial charge in [-0.1, -0.05) is 47.5 Å². The first-order chi connectivity index (χ1) is 14.5. The second-order valence-corrected chi connectivity index (χ2v) is 7.94.